The van der Waals surface area contributed by atoms with Gasteiger partial charge in [-0.15, -0.1) is 11.6 Å². The third-order valence-electron chi connectivity index (χ3n) is 2.28. The van der Waals surface area contributed by atoms with Gasteiger partial charge in [-0.25, -0.2) is 0 Å². The van der Waals surface area contributed by atoms with Crippen LogP contribution in [0, 0.1) is 0 Å². The average Bonchev–Trinajstić information content (AvgIpc) is 2.85. The number of hydrogen-bond donors (Lipinski definition) is 0. The van der Waals surface area contributed by atoms with Crippen LogP contribution in [0.4, 0.5) is 0 Å². The zero-order chi connectivity index (χ0) is 8.60. The van der Waals surface area contributed by atoms with Gasteiger partial charge in [0.25, 0.3) is 0 Å². The van der Waals surface area contributed by atoms with Crippen LogP contribution in [0.5, 0.6) is 5.75 Å². The third-order valence-corrected chi connectivity index (χ3v) is 2.86. The molecule has 0 aromatic heterocycles. The molecular formula is C10H11ClO. The molecule has 64 valence electrons. The number of benzene rings is 1. The number of hydrogen-bond acceptors (Lipinski definition) is 1. The van der Waals surface area contributed by atoms with Crippen LogP contribution < -0.4 is 4.74 Å². The highest BCUT2D eigenvalue weighted by Crippen LogP contribution is 2.54. The first-order valence-corrected chi connectivity index (χ1v) is 4.46. The highest BCUT2D eigenvalue weighted by Gasteiger charge is 2.44. The molecule has 0 N–H and O–H groups in total. The summed E-state index contributed by atoms with van der Waals surface area (Å²) in [7, 11) is 1.68. The Labute approximate surface area is 77.3 Å². The summed E-state index contributed by atoms with van der Waals surface area (Å²) >= 11 is 6.27. The molecule has 0 spiro atoms. The SMILES string of the molecule is COc1ccccc1C1(Cl)CC1. The quantitative estimate of drug-likeness (QED) is 0.640. The van der Waals surface area contributed by atoms with E-state index >= 15 is 0 Å². The fourth-order valence-electron chi connectivity index (χ4n) is 1.39. The number of para-hydroxylation sites is 1. The predicted octanol–water partition coefficient (Wildman–Crippen LogP) is 2.92. The molecule has 0 bridgehead atoms. The van der Waals surface area contributed by atoms with Crippen molar-refractivity contribution in [2.45, 2.75) is 17.7 Å². The summed E-state index contributed by atoms with van der Waals surface area (Å²) in [6, 6.07) is 7.96. The fourth-order valence-corrected chi connectivity index (χ4v) is 1.64. The molecular weight excluding hydrogens is 172 g/mol. The summed E-state index contributed by atoms with van der Waals surface area (Å²) in [6.45, 7) is 0. The lowest BCUT2D eigenvalue weighted by molar-refractivity contribution is 0.408. The average molecular weight is 183 g/mol. The maximum Gasteiger partial charge on any atom is 0.123 e. The standard InChI is InChI=1S/C10H11ClO/c1-12-9-5-3-2-4-8(9)10(11)6-7-10/h2-5H,6-7H2,1H3. The number of rotatable bonds is 2. The van der Waals surface area contributed by atoms with E-state index < -0.39 is 0 Å². The van der Waals surface area contributed by atoms with E-state index in [1.165, 1.54) is 0 Å². The van der Waals surface area contributed by atoms with Crippen LogP contribution in [0.1, 0.15) is 18.4 Å². The Hall–Kier alpha value is -0.690. The minimum Gasteiger partial charge on any atom is -0.496 e. The summed E-state index contributed by atoms with van der Waals surface area (Å²) in [6.07, 6.45) is 2.13. The summed E-state index contributed by atoms with van der Waals surface area (Å²) in [5, 5.41) is 0. The number of halogens is 1. The van der Waals surface area contributed by atoms with Crippen LogP contribution >= 0.6 is 11.6 Å². The molecule has 1 saturated carbocycles. The predicted molar refractivity (Wildman–Crippen MR) is 49.8 cm³/mol. The maximum atomic E-state index is 6.27. The van der Waals surface area contributed by atoms with Crippen LogP contribution in [0.3, 0.4) is 0 Å². The van der Waals surface area contributed by atoms with E-state index in [1.54, 1.807) is 7.11 Å². The van der Waals surface area contributed by atoms with Gasteiger partial charge in [-0.3, -0.25) is 0 Å². The van der Waals surface area contributed by atoms with E-state index in [9.17, 15) is 0 Å². The zero-order valence-corrected chi connectivity index (χ0v) is 7.77. The van der Waals surface area contributed by atoms with Gasteiger partial charge >= 0.3 is 0 Å². The van der Waals surface area contributed by atoms with E-state index in [0.717, 1.165) is 24.2 Å². The van der Waals surface area contributed by atoms with Crippen molar-refractivity contribution in [2.75, 3.05) is 7.11 Å². The van der Waals surface area contributed by atoms with Crippen molar-refractivity contribution >= 4 is 11.6 Å². The molecule has 1 aromatic carbocycles. The molecule has 1 aliphatic carbocycles. The smallest absolute Gasteiger partial charge is 0.123 e. The topological polar surface area (TPSA) is 9.23 Å². The molecule has 1 fully saturated rings. The Kier molecular flexibility index (Phi) is 1.76. The molecule has 12 heavy (non-hydrogen) atoms. The molecule has 0 heterocycles. The molecule has 1 nitrogen and oxygen atoms in total. The summed E-state index contributed by atoms with van der Waals surface area (Å²) in [4.78, 5) is -0.118. The zero-order valence-electron chi connectivity index (χ0n) is 7.01. The molecule has 0 amide bonds. The van der Waals surface area contributed by atoms with E-state index in [4.69, 9.17) is 16.3 Å². The van der Waals surface area contributed by atoms with Crippen molar-refractivity contribution in [3.05, 3.63) is 29.8 Å². The van der Waals surface area contributed by atoms with Gasteiger partial charge in [0.2, 0.25) is 0 Å². The lowest BCUT2D eigenvalue weighted by Crippen LogP contribution is -1.99. The Morgan fingerprint density at radius 2 is 2.00 bits per heavy atom. The monoisotopic (exact) mass is 182 g/mol. The van der Waals surface area contributed by atoms with Gasteiger partial charge in [-0.1, -0.05) is 18.2 Å². The van der Waals surface area contributed by atoms with Crippen molar-refractivity contribution in [2.24, 2.45) is 0 Å². The van der Waals surface area contributed by atoms with Crippen molar-refractivity contribution in [3.63, 3.8) is 0 Å². The molecule has 2 heteroatoms. The lowest BCUT2D eigenvalue weighted by Gasteiger charge is -2.11. The third kappa shape index (κ3) is 1.18. The fraction of sp³-hybridized carbons (Fsp3) is 0.400. The van der Waals surface area contributed by atoms with Crippen LogP contribution in [0.15, 0.2) is 24.3 Å². The van der Waals surface area contributed by atoms with Crippen LogP contribution in [-0.2, 0) is 4.87 Å². The highest BCUT2D eigenvalue weighted by molar-refractivity contribution is 6.26. The van der Waals surface area contributed by atoms with Gasteiger partial charge in [0.15, 0.2) is 0 Å². The van der Waals surface area contributed by atoms with Crippen molar-refractivity contribution in [3.8, 4) is 5.75 Å². The Morgan fingerprint density at radius 1 is 1.33 bits per heavy atom. The molecule has 0 unspecified atom stereocenters. The van der Waals surface area contributed by atoms with Crippen LogP contribution in [-0.4, -0.2) is 7.11 Å². The number of ether oxygens (including phenoxy) is 1. The molecule has 0 saturated heterocycles. The van der Waals surface area contributed by atoms with Gasteiger partial charge in [0.1, 0.15) is 5.75 Å². The van der Waals surface area contributed by atoms with Gasteiger partial charge in [-0.05, 0) is 18.9 Å². The molecule has 0 radical (unpaired) electrons. The largest absolute Gasteiger partial charge is 0.496 e. The van der Waals surface area contributed by atoms with Gasteiger partial charge in [0, 0.05) is 5.56 Å². The van der Waals surface area contributed by atoms with Crippen LogP contribution in [0.2, 0.25) is 0 Å². The molecule has 0 atom stereocenters. The first-order chi connectivity index (χ1) is 5.76. The van der Waals surface area contributed by atoms with E-state index in [1.807, 2.05) is 24.3 Å². The Bertz CT molecular complexity index is 292. The first-order valence-electron chi connectivity index (χ1n) is 4.09. The van der Waals surface area contributed by atoms with Crippen molar-refractivity contribution < 1.29 is 4.74 Å². The van der Waals surface area contributed by atoms with E-state index in [-0.39, 0.29) is 4.87 Å². The molecule has 1 aromatic rings. The Morgan fingerprint density at radius 3 is 2.58 bits per heavy atom. The normalized spacial score (nSPS) is 18.8. The minimum absolute atomic E-state index is 0.118. The summed E-state index contributed by atoms with van der Waals surface area (Å²) < 4.78 is 5.23. The second-order valence-electron chi connectivity index (χ2n) is 3.17. The second kappa shape index (κ2) is 2.67. The molecule has 0 aliphatic heterocycles. The maximum absolute atomic E-state index is 6.27. The molecule has 2 rings (SSSR count). The van der Waals surface area contributed by atoms with E-state index in [0.29, 0.717) is 0 Å². The van der Waals surface area contributed by atoms with Gasteiger partial charge < -0.3 is 4.74 Å². The summed E-state index contributed by atoms with van der Waals surface area (Å²) in [5.41, 5.74) is 1.13. The Balaban J connectivity index is 2.42. The van der Waals surface area contributed by atoms with Crippen molar-refractivity contribution in [1.29, 1.82) is 0 Å². The number of alkyl halides is 1. The van der Waals surface area contributed by atoms with Gasteiger partial charge in [-0.2, -0.15) is 0 Å². The molecule has 1 aliphatic rings. The lowest BCUT2D eigenvalue weighted by atomic mass is 10.1. The first kappa shape index (κ1) is 7.93. The van der Waals surface area contributed by atoms with Gasteiger partial charge in [0.05, 0.1) is 12.0 Å². The highest BCUT2D eigenvalue weighted by atomic mass is 35.5. The summed E-state index contributed by atoms with van der Waals surface area (Å²) in [5.74, 6) is 0.907. The van der Waals surface area contributed by atoms with E-state index in [2.05, 4.69) is 0 Å². The second-order valence-corrected chi connectivity index (χ2v) is 3.89. The van der Waals surface area contributed by atoms with Crippen LogP contribution in [0.25, 0.3) is 0 Å². The number of methoxy groups -OCH3 is 1. The minimum atomic E-state index is -0.118. The van der Waals surface area contributed by atoms with Crippen molar-refractivity contribution in [1.82, 2.24) is 0 Å².